The molecule has 1 aromatic rings. The maximum absolute atomic E-state index is 12.7. The van der Waals surface area contributed by atoms with Gasteiger partial charge in [0.25, 0.3) is 5.91 Å². The van der Waals surface area contributed by atoms with Crippen molar-refractivity contribution in [3.63, 3.8) is 0 Å². The Balaban J connectivity index is 1.59. The first kappa shape index (κ1) is 12.8. The van der Waals surface area contributed by atoms with Crippen molar-refractivity contribution < 1.29 is 9.59 Å². The average Bonchev–Trinajstić information content (AvgIpc) is 3.13. The molecular formula is C16H19N3O2. The minimum atomic E-state index is -0.0222. The van der Waals surface area contributed by atoms with Gasteiger partial charge in [0.05, 0.1) is 12.1 Å². The van der Waals surface area contributed by atoms with Crippen LogP contribution in [0.1, 0.15) is 41.7 Å². The van der Waals surface area contributed by atoms with Gasteiger partial charge in [-0.05, 0) is 37.8 Å². The number of carbonyl (C=O) groups is 2. The number of amides is 2. The Bertz CT molecular complexity index is 611. The molecule has 1 aliphatic carbocycles. The third-order valence-electron chi connectivity index (χ3n) is 4.95. The predicted molar refractivity (Wildman–Crippen MR) is 76.7 cm³/mol. The van der Waals surface area contributed by atoms with E-state index >= 15 is 0 Å². The highest BCUT2D eigenvalue weighted by Crippen LogP contribution is 2.40. The van der Waals surface area contributed by atoms with Crippen molar-refractivity contribution in [2.45, 2.75) is 50.7 Å². The summed E-state index contributed by atoms with van der Waals surface area (Å²) >= 11 is 0. The van der Waals surface area contributed by atoms with Crippen LogP contribution in [0.4, 0.5) is 0 Å². The maximum Gasteiger partial charge on any atom is 0.273 e. The molecule has 3 fully saturated rings. The summed E-state index contributed by atoms with van der Waals surface area (Å²) < 4.78 is 0. The lowest BCUT2D eigenvalue weighted by Gasteiger charge is -2.25. The molecule has 3 aliphatic rings. The van der Waals surface area contributed by atoms with Crippen LogP contribution in [-0.2, 0) is 4.79 Å². The molecule has 5 heteroatoms. The average molecular weight is 285 g/mol. The first-order chi connectivity index (χ1) is 10.2. The summed E-state index contributed by atoms with van der Waals surface area (Å²) in [6.45, 7) is 2.64. The van der Waals surface area contributed by atoms with E-state index in [1.165, 1.54) is 0 Å². The van der Waals surface area contributed by atoms with E-state index in [4.69, 9.17) is 0 Å². The molecule has 1 aromatic heterocycles. The minimum absolute atomic E-state index is 0.0222. The molecule has 5 nitrogen and oxygen atoms in total. The van der Waals surface area contributed by atoms with Gasteiger partial charge in [0.2, 0.25) is 5.91 Å². The van der Waals surface area contributed by atoms with Crippen molar-refractivity contribution in [3.05, 3.63) is 29.6 Å². The fraction of sp³-hybridized carbons (Fsp3) is 0.562. The highest BCUT2D eigenvalue weighted by atomic mass is 16.2. The standard InChI is InChI=1S/C16H19N3O2/c1-10-3-2-7-17-15(10)16(21)18-8-6-12-13(18)9-14(20)19(12)11-4-5-11/h2-3,7,11-13H,4-6,8-9H2,1H3/t12-,13-/m0/s1. The number of aryl methyl sites for hydroxylation is 1. The fourth-order valence-corrected chi connectivity index (χ4v) is 3.80. The second-order valence-corrected chi connectivity index (χ2v) is 6.33. The normalized spacial score (nSPS) is 28.1. The number of hydrogen-bond donors (Lipinski definition) is 0. The number of likely N-dealkylation sites (tertiary alicyclic amines) is 2. The maximum atomic E-state index is 12.7. The molecule has 1 saturated carbocycles. The summed E-state index contributed by atoms with van der Waals surface area (Å²) in [6.07, 6.45) is 5.30. The quantitative estimate of drug-likeness (QED) is 0.824. The van der Waals surface area contributed by atoms with Crippen LogP contribution in [-0.4, -0.2) is 51.3 Å². The Hall–Kier alpha value is -1.91. The van der Waals surface area contributed by atoms with Crippen LogP contribution in [0.15, 0.2) is 18.3 Å². The Morgan fingerprint density at radius 3 is 2.81 bits per heavy atom. The number of nitrogens with zero attached hydrogens (tertiary/aromatic N) is 3. The van der Waals surface area contributed by atoms with Crippen LogP contribution in [0, 0.1) is 6.92 Å². The lowest BCUT2D eigenvalue weighted by Crippen LogP contribution is -2.41. The fourth-order valence-electron chi connectivity index (χ4n) is 3.80. The number of fused-ring (bicyclic) bond motifs is 1. The summed E-state index contributed by atoms with van der Waals surface area (Å²) in [7, 11) is 0. The molecule has 0 aromatic carbocycles. The molecule has 0 unspecified atom stereocenters. The van der Waals surface area contributed by atoms with Gasteiger partial charge >= 0.3 is 0 Å². The van der Waals surface area contributed by atoms with Crippen molar-refractivity contribution in [1.82, 2.24) is 14.8 Å². The van der Waals surface area contributed by atoms with Gasteiger partial charge in [0, 0.05) is 25.2 Å². The highest BCUT2D eigenvalue weighted by Gasteiger charge is 2.52. The van der Waals surface area contributed by atoms with Gasteiger partial charge in [-0.2, -0.15) is 0 Å². The predicted octanol–water partition coefficient (Wildman–Crippen LogP) is 1.37. The Labute approximate surface area is 123 Å². The van der Waals surface area contributed by atoms with E-state index in [0.29, 0.717) is 18.2 Å². The second-order valence-electron chi connectivity index (χ2n) is 6.33. The molecule has 2 saturated heterocycles. The third-order valence-corrected chi connectivity index (χ3v) is 4.95. The lowest BCUT2D eigenvalue weighted by molar-refractivity contribution is -0.129. The van der Waals surface area contributed by atoms with Crippen LogP contribution >= 0.6 is 0 Å². The third kappa shape index (κ3) is 1.94. The topological polar surface area (TPSA) is 53.5 Å². The van der Waals surface area contributed by atoms with Crippen LogP contribution in [0.2, 0.25) is 0 Å². The Morgan fingerprint density at radius 1 is 1.29 bits per heavy atom. The lowest BCUT2D eigenvalue weighted by atomic mass is 10.1. The summed E-state index contributed by atoms with van der Waals surface area (Å²) in [4.78, 5) is 33.1. The molecule has 2 aliphatic heterocycles. The Morgan fingerprint density at radius 2 is 2.10 bits per heavy atom. The molecule has 21 heavy (non-hydrogen) atoms. The molecule has 3 heterocycles. The van der Waals surface area contributed by atoms with Gasteiger partial charge in [0.1, 0.15) is 5.69 Å². The van der Waals surface area contributed by atoms with E-state index in [9.17, 15) is 9.59 Å². The molecule has 2 atom stereocenters. The molecule has 2 amide bonds. The summed E-state index contributed by atoms with van der Waals surface area (Å²) in [5.74, 6) is 0.203. The zero-order valence-corrected chi connectivity index (χ0v) is 12.2. The van der Waals surface area contributed by atoms with Gasteiger partial charge < -0.3 is 9.80 Å². The SMILES string of the molecule is Cc1cccnc1C(=O)N1CC[C@H]2[C@@H]1CC(=O)N2C1CC1. The number of aromatic nitrogens is 1. The first-order valence-corrected chi connectivity index (χ1v) is 7.70. The van der Waals surface area contributed by atoms with E-state index in [1.54, 1.807) is 6.20 Å². The number of pyridine rings is 1. The van der Waals surface area contributed by atoms with Gasteiger partial charge in [-0.25, -0.2) is 0 Å². The monoisotopic (exact) mass is 285 g/mol. The van der Waals surface area contributed by atoms with Gasteiger partial charge in [-0.3, -0.25) is 14.6 Å². The molecule has 0 bridgehead atoms. The number of carbonyl (C=O) groups excluding carboxylic acids is 2. The van der Waals surface area contributed by atoms with E-state index < -0.39 is 0 Å². The summed E-state index contributed by atoms with van der Waals surface area (Å²) in [5, 5.41) is 0. The van der Waals surface area contributed by atoms with Crippen molar-refractivity contribution in [1.29, 1.82) is 0 Å². The van der Waals surface area contributed by atoms with Gasteiger partial charge in [-0.1, -0.05) is 6.07 Å². The first-order valence-electron chi connectivity index (χ1n) is 7.70. The number of rotatable bonds is 2. The molecule has 0 spiro atoms. The molecular weight excluding hydrogens is 266 g/mol. The smallest absolute Gasteiger partial charge is 0.273 e. The minimum Gasteiger partial charge on any atom is -0.335 e. The largest absolute Gasteiger partial charge is 0.335 e. The van der Waals surface area contributed by atoms with Crippen LogP contribution < -0.4 is 0 Å². The summed E-state index contributed by atoms with van der Waals surface area (Å²) in [6, 6.07) is 4.47. The number of hydrogen-bond acceptors (Lipinski definition) is 3. The zero-order valence-electron chi connectivity index (χ0n) is 12.2. The summed E-state index contributed by atoms with van der Waals surface area (Å²) in [5.41, 5.74) is 1.42. The van der Waals surface area contributed by atoms with Crippen LogP contribution in [0.5, 0.6) is 0 Å². The van der Waals surface area contributed by atoms with Crippen molar-refractivity contribution in [3.8, 4) is 0 Å². The van der Waals surface area contributed by atoms with Crippen LogP contribution in [0.25, 0.3) is 0 Å². The second kappa shape index (κ2) is 4.55. The van der Waals surface area contributed by atoms with Crippen LogP contribution in [0.3, 0.4) is 0 Å². The highest BCUT2D eigenvalue weighted by molar-refractivity contribution is 5.95. The van der Waals surface area contributed by atoms with E-state index in [0.717, 1.165) is 31.4 Å². The van der Waals surface area contributed by atoms with Gasteiger partial charge in [-0.15, -0.1) is 0 Å². The molecule has 0 radical (unpaired) electrons. The van der Waals surface area contributed by atoms with Crippen molar-refractivity contribution in [2.75, 3.05) is 6.54 Å². The molecule has 110 valence electrons. The van der Waals surface area contributed by atoms with Gasteiger partial charge in [0.15, 0.2) is 0 Å². The van der Waals surface area contributed by atoms with E-state index in [1.807, 2.05) is 24.0 Å². The van der Waals surface area contributed by atoms with Crippen molar-refractivity contribution in [2.24, 2.45) is 0 Å². The Kier molecular flexibility index (Phi) is 2.77. The van der Waals surface area contributed by atoms with E-state index in [2.05, 4.69) is 9.88 Å². The zero-order chi connectivity index (χ0) is 14.6. The van der Waals surface area contributed by atoms with Crippen molar-refractivity contribution >= 4 is 11.8 Å². The molecule has 4 rings (SSSR count). The van der Waals surface area contributed by atoms with E-state index in [-0.39, 0.29) is 23.9 Å². The molecule has 0 N–H and O–H groups in total.